The van der Waals surface area contributed by atoms with Gasteiger partial charge in [-0.15, -0.1) is 0 Å². The molecule has 2 fully saturated rings. The number of hydrazine groups is 1. The molecule has 0 aromatic heterocycles. The Hall–Kier alpha value is -0.0800. The standard InChI is InChI=1S/C6H12N2/c7-8-3-1-2-5-4-6(5)8/h5-6H,1-4,7H2. The summed E-state index contributed by atoms with van der Waals surface area (Å²) in [6, 6.07) is 0.781. The van der Waals surface area contributed by atoms with Crippen LogP contribution in [0.15, 0.2) is 0 Å². The van der Waals surface area contributed by atoms with Crippen LogP contribution in [0.4, 0.5) is 0 Å². The first-order valence-corrected chi connectivity index (χ1v) is 3.39. The molecule has 1 aliphatic heterocycles. The molecule has 0 spiro atoms. The third kappa shape index (κ3) is 0.565. The van der Waals surface area contributed by atoms with Crippen molar-refractivity contribution in [3.63, 3.8) is 0 Å². The Kier molecular flexibility index (Phi) is 0.866. The zero-order valence-electron chi connectivity index (χ0n) is 5.01. The van der Waals surface area contributed by atoms with Gasteiger partial charge >= 0.3 is 0 Å². The van der Waals surface area contributed by atoms with Crippen LogP contribution in [0.5, 0.6) is 0 Å². The van der Waals surface area contributed by atoms with E-state index in [4.69, 9.17) is 5.84 Å². The maximum atomic E-state index is 5.65. The molecule has 2 heteroatoms. The highest BCUT2D eigenvalue weighted by atomic mass is 15.4. The molecule has 2 nitrogen and oxygen atoms in total. The molecule has 2 unspecified atom stereocenters. The summed E-state index contributed by atoms with van der Waals surface area (Å²) in [5, 5.41) is 2.01. The summed E-state index contributed by atoms with van der Waals surface area (Å²) in [4.78, 5) is 0. The number of piperidine rings is 1. The van der Waals surface area contributed by atoms with Gasteiger partial charge in [0, 0.05) is 12.6 Å². The molecule has 46 valence electrons. The maximum absolute atomic E-state index is 5.65. The first kappa shape index (κ1) is 4.77. The third-order valence-corrected chi connectivity index (χ3v) is 2.30. The van der Waals surface area contributed by atoms with Crippen LogP contribution in [0.2, 0.25) is 0 Å². The van der Waals surface area contributed by atoms with Crippen molar-refractivity contribution >= 4 is 0 Å². The molecule has 1 saturated carbocycles. The Morgan fingerprint density at radius 2 is 2.38 bits per heavy atom. The van der Waals surface area contributed by atoms with Crippen LogP contribution < -0.4 is 5.84 Å². The summed E-state index contributed by atoms with van der Waals surface area (Å²) in [5.41, 5.74) is 0. The lowest BCUT2D eigenvalue weighted by atomic mass is 10.1. The van der Waals surface area contributed by atoms with Crippen LogP contribution in [0, 0.1) is 5.92 Å². The SMILES string of the molecule is NN1CCCC2CC21. The summed E-state index contributed by atoms with van der Waals surface area (Å²) in [7, 11) is 0. The van der Waals surface area contributed by atoms with Crippen molar-refractivity contribution in [3.8, 4) is 0 Å². The van der Waals surface area contributed by atoms with Crippen molar-refractivity contribution in [2.24, 2.45) is 11.8 Å². The normalized spacial score (nSPS) is 46.1. The summed E-state index contributed by atoms with van der Waals surface area (Å²) in [6.07, 6.45) is 4.12. The van der Waals surface area contributed by atoms with Crippen LogP contribution >= 0.6 is 0 Å². The average Bonchev–Trinajstić information content (AvgIpc) is 2.45. The van der Waals surface area contributed by atoms with Crippen LogP contribution in [0.3, 0.4) is 0 Å². The number of hydrogen-bond acceptors (Lipinski definition) is 2. The molecule has 0 aromatic rings. The Labute approximate surface area is 49.6 Å². The van der Waals surface area contributed by atoms with E-state index in [9.17, 15) is 0 Å². The van der Waals surface area contributed by atoms with Crippen LogP contribution in [0.25, 0.3) is 0 Å². The molecule has 8 heavy (non-hydrogen) atoms. The van der Waals surface area contributed by atoms with Gasteiger partial charge < -0.3 is 0 Å². The monoisotopic (exact) mass is 112 g/mol. The second-order valence-corrected chi connectivity index (χ2v) is 2.94. The Bertz CT molecular complexity index is 103. The van der Waals surface area contributed by atoms with Crippen molar-refractivity contribution in [1.29, 1.82) is 0 Å². The van der Waals surface area contributed by atoms with Crippen LogP contribution in [-0.2, 0) is 0 Å². The highest BCUT2D eigenvalue weighted by Crippen LogP contribution is 2.41. The van der Waals surface area contributed by atoms with Gasteiger partial charge in [0.2, 0.25) is 0 Å². The largest absolute Gasteiger partial charge is 0.269 e. The fraction of sp³-hybridized carbons (Fsp3) is 1.00. The predicted molar refractivity (Wildman–Crippen MR) is 32.0 cm³/mol. The van der Waals surface area contributed by atoms with E-state index >= 15 is 0 Å². The molecule has 0 aromatic carbocycles. The molecule has 2 N–H and O–H groups in total. The van der Waals surface area contributed by atoms with Gasteiger partial charge in [0.05, 0.1) is 0 Å². The Morgan fingerprint density at radius 1 is 1.50 bits per heavy atom. The molecule has 0 radical (unpaired) electrons. The minimum atomic E-state index is 0.781. The molecule has 1 heterocycles. The molecule has 1 saturated heterocycles. The van der Waals surface area contributed by atoms with E-state index in [-0.39, 0.29) is 0 Å². The van der Waals surface area contributed by atoms with Gasteiger partial charge in [0.15, 0.2) is 0 Å². The summed E-state index contributed by atoms with van der Waals surface area (Å²) >= 11 is 0. The molecule has 0 bridgehead atoms. The van der Waals surface area contributed by atoms with Crippen molar-refractivity contribution in [2.75, 3.05) is 6.54 Å². The minimum Gasteiger partial charge on any atom is -0.269 e. The summed E-state index contributed by atoms with van der Waals surface area (Å²) < 4.78 is 0. The Balaban J connectivity index is 1.99. The van der Waals surface area contributed by atoms with Crippen molar-refractivity contribution in [3.05, 3.63) is 0 Å². The van der Waals surface area contributed by atoms with E-state index in [1.165, 1.54) is 19.3 Å². The molecule has 1 aliphatic carbocycles. The number of hydrogen-bond donors (Lipinski definition) is 1. The van der Waals surface area contributed by atoms with Gasteiger partial charge in [0.25, 0.3) is 0 Å². The second-order valence-electron chi connectivity index (χ2n) is 2.94. The molecule has 2 aliphatic rings. The topological polar surface area (TPSA) is 29.3 Å². The van der Waals surface area contributed by atoms with Gasteiger partial charge in [-0.1, -0.05) is 0 Å². The van der Waals surface area contributed by atoms with Gasteiger partial charge in [-0.25, -0.2) is 5.01 Å². The minimum absolute atomic E-state index is 0.781. The fourth-order valence-corrected chi connectivity index (χ4v) is 1.65. The van der Waals surface area contributed by atoms with Crippen molar-refractivity contribution < 1.29 is 0 Å². The lowest BCUT2D eigenvalue weighted by Gasteiger charge is -2.20. The zero-order valence-corrected chi connectivity index (χ0v) is 5.01. The molecule has 0 amide bonds. The number of nitrogens with zero attached hydrogens (tertiary/aromatic N) is 1. The second kappa shape index (κ2) is 1.45. The van der Waals surface area contributed by atoms with Crippen LogP contribution in [0.1, 0.15) is 19.3 Å². The first-order valence-electron chi connectivity index (χ1n) is 3.39. The molecular weight excluding hydrogens is 100 g/mol. The van der Waals surface area contributed by atoms with Gasteiger partial charge in [-0.2, -0.15) is 0 Å². The van der Waals surface area contributed by atoms with E-state index < -0.39 is 0 Å². The highest BCUT2D eigenvalue weighted by molar-refractivity contribution is 4.95. The lowest BCUT2D eigenvalue weighted by Crippen LogP contribution is -2.37. The predicted octanol–water partition coefficient (Wildman–Crippen LogP) is 0.344. The van der Waals surface area contributed by atoms with Crippen LogP contribution in [-0.4, -0.2) is 17.6 Å². The summed E-state index contributed by atoms with van der Waals surface area (Å²) in [6.45, 7) is 1.13. The quantitative estimate of drug-likeness (QED) is 0.458. The van der Waals surface area contributed by atoms with E-state index in [1.54, 1.807) is 0 Å². The van der Waals surface area contributed by atoms with E-state index in [2.05, 4.69) is 0 Å². The van der Waals surface area contributed by atoms with Gasteiger partial charge in [-0.05, 0) is 25.2 Å². The van der Waals surface area contributed by atoms with Crippen molar-refractivity contribution in [1.82, 2.24) is 5.01 Å². The highest BCUT2D eigenvalue weighted by Gasteiger charge is 2.42. The molecular formula is C6H12N2. The fourth-order valence-electron chi connectivity index (χ4n) is 1.65. The number of nitrogens with two attached hydrogens (primary N) is 1. The van der Waals surface area contributed by atoms with Gasteiger partial charge in [0.1, 0.15) is 0 Å². The number of rotatable bonds is 0. The first-order chi connectivity index (χ1) is 3.88. The third-order valence-electron chi connectivity index (χ3n) is 2.30. The van der Waals surface area contributed by atoms with Crippen molar-refractivity contribution in [2.45, 2.75) is 25.3 Å². The Morgan fingerprint density at radius 3 is 3.00 bits per heavy atom. The number of fused-ring (bicyclic) bond motifs is 1. The van der Waals surface area contributed by atoms with E-state index in [0.29, 0.717) is 0 Å². The van der Waals surface area contributed by atoms with E-state index in [1.807, 2.05) is 5.01 Å². The van der Waals surface area contributed by atoms with Gasteiger partial charge in [-0.3, -0.25) is 5.84 Å². The van der Waals surface area contributed by atoms with E-state index in [0.717, 1.165) is 18.5 Å². The maximum Gasteiger partial charge on any atom is 0.0273 e. The molecule has 2 rings (SSSR count). The zero-order chi connectivity index (χ0) is 5.56. The average molecular weight is 112 g/mol. The summed E-state index contributed by atoms with van der Waals surface area (Å²) in [5.74, 6) is 6.63. The molecule has 2 atom stereocenters. The lowest BCUT2D eigenvalue weighted by molar-refractivity contribution is 0.221. The smallest absolute Gasteiger partial charge is 0.0273 e.